The molecule has 0 aromatic carbocycles. The molecule has 0 saturated heterocycles. The monoisotopic (exact) mass is 257 g/mol. The zero-order valence-corrected chi connectivity index (χ0v) is 9.42. The first-order valence-electron chi connectivity index (χ1n) is 3.22. The van der Waals surface area contributed by atoms with E-state index in [2.05, 4.69) is 13.2 Å². The van der Waals surface area contributed by atoms with Gasteiger partial charge in [-0.25, -0.2) is 0 Å². The third-order valence-corrected chi connectivity index (χ3v) is 0.575. The number of Topliss-reactive ketones (excluding diaryl/α,β-unsaturated/α-hetero) is 2. The van der Waals surface area contributed by atoms with Crippen LogP contribution in [0.5, 0.6) is 0 Å². The van der Waals surface area contributed by atoms with Crippen molar-refractivity contribution in [1.82, 2.24) is 0 Å². The molecule has 0 aliphatic heterocycles. The molecule has 0 unspecified atom stereocenters. The Balaban J connectivity index is -0.0000000653. The number of carboxylic acids is 2. The van der Waals surface area contributed by atoms with Gasteiger partial charge in [0.15, 0.2) is 11.6 Å². The van der Waals surface area contributed by atoms with E-state index in [-0.39, 0.29) is 17.1 Å². The Morgan fingerprint density at radius 2 is 0.867 bits per heavy atom. The average Bonchev–Trinajstić information content (AvgIpc) is 2.08. The molecule has 0 aliphatic carbocycles. The molecule has 0 bridgehead atoms. The molecule has 0 saturated carbocycles. The third kappa shape index (κ3) is 32.6. The molecule has 0 aliphatic rings. The molecule has 85 valence electrons. The Morgan fingerprint density at radius 3 is 0.867 bits per heavy atom. The van der Waals surface area contributed by atoms with Crippen molar-refractivity contribution in [1.29, 1.82) is 0 Å². The van der Waals surface area contributed by atoms with Gasteiger partial charge in [0.1, 0.15) is 11.9 Å². The zero-order chi connectivity index (χ0) is 12.3. The molecule has 0 fully saturated rings. The molecule has 0 heterocycles. The average molecular weight is 257 g/mol. The molecule has 0 aromatic rings. The Hall–Kier alpha value is -1.46. The smallest absolute Gasteiger partial charge is 0.542 e. The Morgan fingerprint density at radius 1 is 0.800 bits per heavy atom. The number of aliphatic carboxylic acids is 2. The second kappa shape index (κ2) is 15.0. The predicted molar refractivity (Wildman–Crippen MR) is 42.6 cm³/mol. The topological polar surface area (TPSA) is 114 Å². The summed E-state index contributed by atoms with van der Waals surface area (Å²) >= 11 is 0. The number of carbonyl (C=O) groups is 4. The Kier molecular flexibility index (Phi) is 23.4. The van der Waals surface area contributed by atoms with Crippen LogP contribution in [-0.4, -0.2) is 23.5 Å². The second-order valence-corrected chi connectivity index (χ2v) is 1.69. The fraction of sp³-hybridized carbons (Fsp3) is 0.250. The van der Waals surface area contributed by atoms with Crippen LogP contribution in [0.4, 0.5) is 0 Å². The van der Waals surface area contributed by atoms with E-state index in [1.54, 1.807) is 0 Å². The molecule has 1 radical (unpaired) electrons. The number of carbonyl (C=O) groups excluding carboxylic acids is 4. The zero-order valence-electron chi connectivity index (χ0n) is 8.24. The molecule has 0 atom stereocenters. The molecule has 15 heavy (non-hydrogen) atoms. The number of hydrogen-bond acceptors (Lipinski definition) is 6. The van der Waals surface area contributed by atoms with Crippen molar-refractivity contribution >= 4 is 23.5 Å². The van der Waals surface area contributed by atoms with Gasteiger partial charge in [-0.3, -0.25) is 9.59 Å². The van der Waals surface area contributed by atoms with Gasteiger partial charge in [0.05, 0.1) is 0 Å². The quantitative estimate of drug-likeness (QED) is 0.305. The molecular formula is C8H10MnO6. The molecule has 7 heteroatoms. The summed E-state index contributed by atoms with van der Waals surface area (Å²) in [5.74, 6) is -5.13. The van der Waals surface area contributed by atoms with E-state index < -0.39 is 23.5 Å². The van der Waals surface area contributed by atoms with Gasteiger partial charge in [-0.1, -0.05) is 0 Å². The van der Waals surface area contributed by atoms with Crippen LogP contribution in [0, 0.1) is 0 Å². The summed E-state index contributed by atoms with van der Waals surface area (Å²) in [4.78, 5) is 37.4. The maximum atomic E-state index is 9.48. The van der Waals surface area contributed by atoms with E-state index in [0.29, 0.717) is 0 Å². The third-order valence-electron chi connectivity index (χ3n) is 0.575. The van der Waals surface area contributed by atoms with Crippen molar-refractivity contribution in [2.75, 3.05) is 0 Å². The standard InChI is InChI=1S/2C3H4O3.C2H4.Mn/c2*1-2(4)3(5)6;1-2;/h2*1H3,(H,5,6);1-2H2;/q;;;+2/p-2. The van der Waals surface area contributed by atoms with E-state index in [0.717, 1.165) is 13.8 Å². The fourth-order valence-electron chi connectivity index (χ4n) is 0. The minimum absolute atomic E-state index is 0. The van der Waals surface area contributed by atoms with Crippen molar-refractivity contribution in [3.63, 3.8) is 0 Å². The molecule has 0 aromatic heterocycles. The van der Waals surface area contributed by atoms with Crippen LogP contribution < -0.4 is 10.2 Å². The van der Waals surface area contributed by atoms with Crippen LogP contribution in [-0.2, 0) is 36.2 Å². The SMILES string of the molecule is C=C.CC(=O)C(=O)[O-].CC(=O)C(=O)[O-].[Mn+2]. The van der Waals surface area contributed by atoms with Gasteiger partial charge in [0, 0.05) is 13.8 Å². The van der Waals surface area contributed by atoms with Gasteiger partial charge in [-0.2, -0.15) is 0 Å². The van der Waals surface area contributed by atoms with Gasteiger partial charge in [-0.05, 0) is 0 Å². The van der Waals surface area contributed by atoms with Crippen molar-refractivity contribution in [3.8, 4) is 0 Å². The van der Waals surface area contributed by atoms with Gasteiger partial charge < -0.3 is 19.8 Å². The molecule has 0 amide bonds. The molecule has 0 N–H and O–H groups in total. The first kappa shape index (κ1) is 23.4. The minimum atomic E-state index is -1.63. The van der Waals surface area contributed by atoms with E-state index in [4.69, 9.17) is 0 Å². The largest absolute Gasteiger partial charge is 2.00 e. The number of carboxylic acid groups (broad SMARTS) is 2. The van der Waals surface area contributed by atoms with Gasteiger partial charge >= 0.3 is 17.1 Å². The van der Waals surface area contributed by atoms with E-state index in [1.165, 1.54) is 0 Å². The molecular weight excluding hydrogens is 247 g/mol. The van der Waals surface area contributed by atoms with Crippen LogP contribution >= 0.6 is 0 Å². The van der Waals surface area contributed by atoms with E-state index >= 15 is 0 Å². The van der Waals surface area contributed by atoms with Crippen molar-refractivity contribution in [2.24, 2.45) is 0 Å². The second-order valence-electron chi connectivity index (χ2n) is 1.69. The van der Waals surface area contributed by atoms with Crippen LogP contribution in [0.25, 0.3) is 0 Å². The molecule has 0 rings (SSSR count). The van der Waals surface area contributed by atoms with Crippen molar-refractivity contribution in [2.45, 2.75) is 13.8 Å². The van der Waals surface area contributed by atoms with Gasteiger partial charge in [0.2, 0.25) is 0 Å². The van der Waals surface area contributed by atoms with Crippen LogP contribution in [0.15, 0.2) is 13.2 Å². The first-order valence-corrected chi connectivity index (χ1v) is 3.22. The summed E-state index contributed by atoms with van der Waals surface area (Å²) in [5.41, 5.74) is 0. The van der Waals surface area contributed by atoms with Crippen LogP contribution in [0.2, 0.25) is 0 Å². The summed E-state index contributed by atoms with van der Waals surface area (Å²) < 4.78 is 0. The summed E-state index contributed by atoms with van der Waals surface area (Å²) in [7, 11) is 0. The van der Waals surface area contributed by atoms with Crippen LogP contribution in [0.1, 0.15) is 13.8 Å². The first-order chi connectivity index (χ1) is 6.29. The van der Waals surface area contributed by atoms with E-state index in [1.807, 2.05) is 0 Å². The predicted octanol–water partition coefficient (Wildman–Crippen LogP) is -2.55. The summed E-state index contributed by atoms with van der Waals surface area (Å²) in [5, 5.41) is 18.5. The number of ketones is 2. The maximum Gasteiger partial charge on any atom is 2.00 e. The summed E-state index contributed by atoms with van der Waals surface area (Å²) in [6.45, 7) is 7.88. The maximum absolute atomic E-state index is 9.48. The molecule has 6 nitrogen and oxygen atoms in total. The van der Waals surface area contributed by atoms with Crippen molar-refractivity contribution in [3.05, 3.63) is 13.2 Å². The van der Waals surface area contributed by atoms with Crippen LogP contribution in [0.3, 0.4) is 0 Å². The summed E-state index contributed by atoms with van der Waals surface area (Å²) in [6, 6.07) is 0. The van der Waals surface area contributed by atoms with Crippen molar-refractivity contribution < 1.29 is 46.5 Å². The minimum Gasteiger partial charge on any atom is -0.542 e. The Labute approximate surface area is 97.4 Å². The fourth-order valence-corrected chi connectivity index (χ4v) is 0. The number of rotatable bonds is 2. The number of hydrogen-bond donors (Lipinski definition) is 0. The van der Waals surface area contributed by atoms with Gasteiger partial charge in [0.25, 0.3) is 0 Å². The summed E-state index contributed by atoms with van der Waals surface area (Å²) in [6.07, 6.45) is 0. The van der Waals surface area contributed by atoms with Gasteiger partial charge in [-0.15, -0.1) is 13.2 Å². The molecule has 0 spiro atoms. The Bertz CT molecular complexity index is 187. The normalized spacial score (nSPS) is 6.27. The van der Waals surface area contributed by atoms with E-state index in [9.17, 15) is 29.4 Å².